The number of amides is 2. The van der Waals surface area contributed by atoms with E-state index in [-0.39, 0.29) is 19.0 Å². The fourth-order valence-electron chi connectivity index (χ4n) is 2.33. The van der Waals surface area contributed by atoms with E-state index in [2.05, 4.69) is 10.6 Å². The molecular formula is C19H21FN2O3. The van der Waals surface area contributed by atoms with Gasteiger partial charge in [-0.25, -0.2) is 4.39 Å². The second kappa shape index (κ2) is 7.90. The highest BCUT2D eigenvalue weighted by molar-refractivity contribution is 5.97. The number of carbonyl (C=O) groups is 2. The fourth-order valence-corrected chi connectivity index (χ4v) is 2.33. The van der Waals surface area contributed by atoms with Crippen molar-refractivity contribution in [2.24, 2.45) is 0 Å². The van der Waals surface area contributed by atoms with Crippen molar-refractivity contribution >= 4 is 11.8 Å². The Morgan fingerprint density at radius 1 is 1.08 bits per heavy atom. The maximum atomic E-state index is 12.9. The number of nitrogens with one attached hydrogen (secondary N) is 2. The zero-order valence-electron chi connectivity index (χ0n) is 14.2. The third-order valence-corrected chi connectivity index (χ3v) is 3.90. The highest BCUT2D eigenvalue weighted by atomic mass is 19.1. The van der Waals surface area contributed by atoms with Crippen molar-refractivity contribution in [1.29, 1.82) is 0 Å². The van der Waals surface area contributed by atoms with Crippen LogP contribution >= 0.6 is 0 Å². The predicted molar refractivity (Wildman–Crippen MR) is 92.5 cm³/mol. The van der Waals surface area contributed by atoms with E-state index in [4.69, 9.17) is 0 Å². The minimum absolute atomic E-state index is 0.0578. The van der Waals surface area contributed by atoms with Gasteiger partial charge in [0.2, 0.25) is 5.91 Å². The van der Waals surface area contributed by atoms with Crippen LogP contribution in [0.5, 0.6) is 0 Å². The molecule has 2 rings (SSSR count). The molecule has 0 aliphatic heterocycles. The molecule has 5 nitrogen and oxygen atoms in total. The minimum Gasteiger partial charge on any atom is -0.384 e. The van der Waals surface area contributed by atoms with E-state index in [1.54, 1.807) is 12.1 Å². The zero-order chi connectivity index (χ0) is 18.4. The van der Waals surface area contributed by atoms with Crippen LogP contribution in [0, 0.1) is 12.7 Å². The molecule has 2 aromatic carbocycles. The average molecular weight is 344 g/mol. The van der Waals surface area contributed by atoms with E-state index in [1.165, 1.54) is 31.2 Å². The molecule has 0 heterocycles. The number of aryl methyl sites for hydroxylation is 1. The van der Waals surface area contributed by atoms with E-state index in [1.807, 2.05) is 19.1 Å². The summed E-state index contributed by atoms with van der Waals surface area (Å²) in [5, 5.41) is 15.5. The summed E-state index contributed by atoms with van der Waals surface area (Å²) < 4.78 is 12.9. The molecule has 0 aliphatic rings. The lowest BCUT2D eigenvalue weighted by atomic mass is 9.96. The number of carbonyl (C=O) groups excluding carboxylic acids is 2. The first-order valence-corrected chi connectivity index (χ1v) is 7.88. The Balaban J connectivity index is 1.85. The van der Waals surface area contributed by atoms with Crippen LogP contribution in [0.25, 0.3) is 0 Å². The number of hydrogen-bond acceptors (Lipinski definition) is 3. The Hall–Kier alpha value is -2.73. The van der Waals surface area contributed by atoms with Gasteiger partial charge in [-0.15, -0.1) is 0 Å². The van der Waals surface area contributed by atoms with Gasteiger partial charge in [-0.05, 0) is 43.2 Å². The molecule has 132 valence electrons. The summed E-state index contributed by atoms with van der Waals surface area (Å²) in [5.41, 5.74) is 0.468. The van der Waals surface area contributed by atoms with Gasteiger partial charge in [-0.2, -0.15) is 0 Å². The van der Waals surface area contributed by atoms with Crippen molar-refractivity contribution in [2.75, 3.05) is 13.1 Å². The number of benzene rings is 2. The van der Waals surface area contributed by atoms with Crippen LogP contribution in [0.2, 0.25) is 0 Å². The topological polar surface area (TPSA) is 78.4 Å². The fraction of sp³-hybridized carbons (Fsp3) is 0.263. The summed E-state index contributed by atoms with van der Waals surface area (Å²) in [6.45, 7) is 3.08. The Bertz CT molecular complexity index is 758. The lowest BCUT2D eigenvalue weighted by Crippen LogP contribution is -2.43. The second-order valence-electron chi connectivity index (χ2n) is 6.06. The molecule has 0 saturated heterocycles. The molecule has 0 bridgehead atoms. The van der Waals surface area contributed by atoms with E-state index in [0.29, 0.717) is 11.1 Å². The third-order valence-electron chi connectivity index (χ3n) is 3.90. The number of halogens is 1. The molecule has 2 amide bonds. The SMILES string of the molecule is Cc1ccccc1C(=O)NCC(=O)NCC(C)(O)c1ccc(F)cc1. The van der Waals surface area contributed by atoms with Crippen LogP contribution in [0.15, 0.2) is 48.5 Å². The molecule has 1 unspecified atom stereocenters. The normalized spacial score (nSPS) is 13.0. The minimum atomic E-state index is -1.34. The summed E-state index contributed by atoms with van der Waals surface area (Å²) in [6.07, 6.45) is 0. The Morgan fingerprint density at radius 2 is 1.72 bits per heavy atom. The van der Waals surface area contributed by atoms with E-state index in [0.717, 1.165) is 5.56 Å². The van der Waals surface area contributed by atoms with Gasteiger partial charge in [-0.1, -0.05) is 30.3 Å². The van der Waals surface area contributed by atoms with Crippen LogP contribution in [0.1, 0.15) is 28.4 Å². The van der Waals surface area contributed by atoms with Crippen LogP contribution in [-0.2, 0) is 10.4 Å². The van der Waals surface area contributed by atoms with Crippen molar-refractivity contribution in [1.82, 2.24) is 10.6 Å². The first-order chi connectivity index (χ1) is 11.8. The summed E-state index contributed by atoms with van der Waals surface area (Å²) in [6, 6.07) is 12.5. The summed E-state index contributed by atoms with van der Waals surface area (Å²) >= 11 is 0. The van der Waals surface area contributed by atoms with Crippen molar-refractivity contribution in [3.05, 3.63) is 71.0 Å². The van der Waals surface area contributed by atoms with Crippen molar-refractivity contribution < 1.29 is 19.1 Å². The number of rotatable bonds is 6. The van der Waals surface area contributed by atoms with E-state index < -0.39 is 17.3 Å². The van der Waals surface area contributed by atoms with Gasteiger partial charge >= 0.3 is 0 Å². The molecular weight excluding hydrogens is 323 g/mol. The smallest absolute Gasteiger partial charge is 0.251 e. The number of aliphatic hydroxyl groups is 1. The highest BCUT2D eigenvalue weighted by Gasteiger charge is 2.24. The monoisotopic (exact) mass is 344 g/mol. The van der Waals surface area contributed by atoms with Crippen LogP contribution < -0.4 is 10.6 Å². The van der Waals surface area contributed by atoms with Gasteiger partial charge in [0.05, 0.1) is 13.1 Å². The Kier molecular flexibility index (Phi) is 5.88. The molecule has 0 aliphatic carbocycles. The molecule has 0 saturated carbocycles. The molecule has 6 heteroatoms. The first kappa shape index (κ1) is 18.6. The quantitative estimate of drug-likeness (QED) is 0.749. The van der Waals surface area contributed by atoms with Gasteiger partial charge < -0.3 is 15.7 Å². The molecule has 0 aromatic heterocycles. The molecule has 1 atom stereocenters. The summed E-state index contributed by atoms with van der Waals surface area (Å²) in [4.78, 5) is 23.9. The van der Waals surface area contributed by atoms with Crippen LogP contribution in [-0.4, -0.2) is 30.0 Å². The zero-order valence-corrected chi connectivity index (χ0v) is 14.2. The lowest BCUT2D eigenvalue weighted by molar-refractivity contribution is -0.121. The van der Waals surface area contributed by atoms with Crippen LogP contribution in [0.3, 0.4) is 0 Å². The maximum absolute atomic E-state index is 12.9. The second-order valence-corrected chi connectivity index (χ2v) is 6.06. The first-order valence-electron chi connectivity index (χ1n) is 7.88. The van der Waals surface area contributed by atoms with Gasteiger partial charge in [0.15, 0.2) is 0 Å². The molecule has 0 spiro atoms. The number of hydrogen-bond donors (Lipinski definition) is 3. The van der Waals surface area contributed by atoms with Gasteiger partial charge in [0.1, 0.15) is 11.4 Å². The van der Waals surface area contributed by atoms with E-state index >= 15 is 0 Å². The molecule has 3 N–H and O–H groups in total. The summed E-state index contributed by atoms with van der Waals surface area (Å²) in [7, 11) is 0. The maximum Gasteiger partial charge on any atom is 0.251 e. The average Bonchev–Trinajstić information content (AvgIpc) is 2.59. The van der Waals surface area contributed by atoms with Crippen molar-refractivity contribution in [3.63, 3.8) is 0 Å². The molecule has 0 radical (unpaired) electrons. The largest absolute Gasteiger partial charge is 0.384 e. The molecule has 25 heavy (non-hydrogen) atoms. The molecule has 0 fully saturated rings. The predicted octanol–water partition coefficient (Wildman–Crippen LogP) is 1.89. The Morgan fingerprint density at radius 3 is 2.36 bits per heavy atom. The van der Waals surface area contributed by atoms with Crippen LogP contribution in [0.4, 0.5) is 4.39 Å². The van der Waals surface area contributed by atoms with E-state index in [9.17, 15) is 19.1 Å². The Labute approximate surface area is 145 Å². The van der Waals surface area contributed by atoms with Crippen molar-refractivity contribution in [2.45, 2.75) is 19.4 Å². The molecule has 2 aromatic rings. The van der Waals surface area contributed by atoms with Gasteiger partial charge in [0.25, 0.3) is 5.91 Å². The van der Waals surface area contributed by atoms with Gasteiger partial charge in [-0.3, -0.25) is 9.59 Å². The van der Waals surface area contributed by atoms with Crippen molar-refractivity contribution in [3.8, 4) is 0 Å². The standard InChI is InChI=1S/C19H21FN2O3/c1-13-5-3-4-6-16(13)18(24)21-11-17(23)22-12-19(2,25)14-7-9-15(20)10-8-14/h3-10,25H,11-12H2,1-2H3,(H,21,24)(H,22,23). The van der Waals surface area contributed by atoms with Gasteiger partial charge in [0, 0.05) is 5.56 Å². The summed E-state index contributed by atoms with van der Waals surface area (Å²) in [5.74, 6) is -1.16. The lowest BCUT2D eigenvalue weighted by Gasteiger charge is -2.24. The highest BCUT2D eigenvalue weighted by Crippen LogP contribution is 2.19. The third kappa shape index (κ3) is 5.12.